The van der Waals surface area contributed by atoms with Crippen molar-refractivity contribution >= 4 is 21.4 Å². The topological polar surface area (TPSA) is 68.3 Å². The number of rotatable bonds is 6. The smallest absolute Gasteiger partial charge is 0.206 e. The van der Waals surface area contributed by atoms with Crippen LogP contribution >= 0.6 is 0 Å². The quantitative estimate of drug-likeness (QED) is 0.408. The number of carbonyl (C=O) groups excluding carboxylic acids is 2. The summed E-state index contributed by atoms with van der Waals surface area (Å²) in [6.07, 6.45) is 0. The van der Waals surface area contributed by atoms with Gasteiger partial charge in [0.1, 0.15) is 0 Å². The second kappa shape index (κ2) is 8.50. The van der Waals surface area contributed by atoms with Crippen LogP contribution in [0.3, 0.4) is 0 Å². The van der Waals surface area contributed by atoms with E-state index in [0.717, 1.165) is 0 Å². The van der Waals surface area contributed by atoms with Crippen LogP contribution in [0.1, 0.15) is 31.8 Å². The van der Waals surface area contributed by atoms with Gasteiger partial charge in [-0.1, -0.05) is 60.7 Å². The molecule has 0 aliphatic rings. The Kier molecular flexibility index (Phi) is 5.60. The molecule has 0 radical (unpaired) electrons. The van der Waals surface area contributed by atoms with Crippen LogP contribution in [0.15, 0.2) is 119 Å². The minimum Gasteiger partial charge on any atom is -0.289 e. The Morgan fingerprint density at radius 2 is 0.710 bits per heavy atom. The highest BCUT2D eigenvalue weighted by Crippen LogP contribution is 2.23. The molecule has 0 bridgehead atoms. The molecule has 4 rings (SSSR count). The zero-order valence-corrected chi connectivity index (χ0v) is 17.3. The van der Waals surface area contributed by atoms with Gasteiger partial charge in [-0.05, 0) is 48.5 Å². The van der Waals surface area contributed by atoms with E-state index >= 15 is 0 Å². The van der Waals surface area contributed by atoms with Gasteiger partial charge in [-0.3, -0.25) is 9.59 Å². The highest BCUT2D eigenvalue weighted by Gasteiger charge is 2.19. The van der Waals surface area contributed by atoms with Gasteiger partial charge in [0.15, 0.2) is 11.6 Å². The molecule has 0 aromatic heterocycles. The molecule has 0 aliphatic carbocycles. The fourth-order valence-electron chi connectivity index (χ4n) is 3.22. The molecular weight excluding hydrogens is 408 g/mol. The first-order valence-electron chi connectivity index (χ1n) is 9.61. The first-order chi connectivity index (χ1) is 15.0. The maximum Gasteiger partial charge on any atom is 0.206 e. The summed E-state index contributed by atoms with van der Waals surface area (Å²) >= 11 is 0. The third-order valence-corrected chi connectivity index (χ3v) is 6.71. The van der Waals surface area contributed by atoms with Crippen molar-refractivity contribution in [1.82, 2.24) is 0 Å². The van der Waals surface area contributed by atoms with Gasteiger partial charge in [0.05, 0.1) is 9.79 Å². The van der Waals surface area contributed by atoms with Gasteiger partial charge in [0, 0.05) is 22.3 Å². The summed E-state index contributed by atoms with van der Waals surface area (Å²) in [7, 11) is -3.78. The number of ketones is 2. The van der Waals surface area contributed by atoms with Crippen LogP contribution in [-0.2, 0) is 9.84 Å². The number of hydrogen-bond donors (Lipinski definition) is 0. The molecule has 0 N–H and O–H groups in total. The Morgan fingerprint density at radius 3 is 1.03 bits per heavy atom. The first kappa shape index (κ1) is 20.4. The van der Waals surface area contributed by atoms with Gasteiger partial charge in [-0.15, -0.1) is 0 Å². The molecule has 152 valence electrons. The Morgan fingerprint density at radius 1 is 0.419 bits per heavy atom. The molecule has 4 nitrogen and oxygen atoms in total. The molecular formula is C26H18O4S. The molecule has 5 heteroatoms. The second-order valence-electron chi connectivity index (χ2n) is 6.94. The first-order valence-corrected chi connectivity index (χ1v) is 11.1. The number of carbonyl (C=O) groups is 2. The van der Waals surface area contributed by atoms with E-state index in [4.69, 9.17) is 0 Å². The molecule has 0 spiro atoms. The lowest BCUT2D eigenvalue weighted by molar-refractivity contribution is 0.103. The van der Waals surface area contributed by atoms with E-state index < -0.39 is 9.84 Å². The molecule has 0 aliphatic heterocycles. The minimum atomic E-state index is -3.78. The van der Waals surface area contributed by atoms with E-state index in [1.54, 1.807) is 48.5 Å². The standard InChI is InChI=1S/C26H18O4S/c27-25(19-7-3-1-4-8-19)21-11-15-23(16-12-21)31(29,30)24-17-13-22(14-18-24)26(28)20-9-5-2-6-10-20/h1-18H. The second-order valence-corrected chi connectivity index (χ2v) is 8.89. The minimum absolute atomic E-state index is 0.0826. The van der Waals surface area contributed by atoms with Crippen molar-refractivity contribution in [2.75, 3.05) is 0 Å². The van der Waals surface area contributed by atoms with Crippen LogP contribution in [0.5, 0.6) is 0 Å². The van der Waals surface area contributed by atoms with Gasteiger partial charge in [0.25, 0.3) is 0 Å². The van der Waals surface area contributed by atoms with E-state index in [1.807, 2.05) is 12.1 Å². The van der Waals surface area contributed by atoms with Crippen molar-refractivity contribution in [2.24, 2.45) is 0 Å². The van der Waals surface area contributed by atoms with Gasteiger partial charge in [-0.2, -0.15) is 0 Å². The summed E-state index contributed by atoms with van der Waals surface area (Å²) in [5.74, 6) is -0.346. The van der Waals surface area contributed by atoms with E-state index in [0.29, 0.717) is 22.3 Å². The summed E-state index contributed by atoms with van der Waals surface area (Å²) in [6.45, 7) is 0. The van der Waals surface area contributed by atoms with Crippen molar-refractivity contribution < 1.29 is 18.0 Å². The van der Waals surface area contributed by atoms with Gasteiger partial charge in [-0.25, -0.2) is 8.42 Å². The molecule has 4 aromatic carbocycles. The number of benzene rings is 4. The third-order valence-electron chi connectivity index (χ3n) is 4.93. The van der Waals surface area contributed by atoms with Crippen molar-refractivity contribution in [2.45, 2.75) is 9.79 Å². The predicted octanol–water partition coefficient (Wildman–Crippen LogP) is 4.98. The molecule has 0 unspecified atom stereocenters. The van der Waals surface area contributed by atoms with Crippen LogP contribution in [0.2, 0.25) is 0 Å². The number of hydrogen-bond acceptors (Lipinski definition) is 4. The monoisotopic (exact) mass is 426 g/mol. The molecule has 31 heavy (non-hydrogen) atoms. The average molecular weight is 426 g/mol. The summed E-state index contributed by atoms with van der Waals surface area (Å²) in [6, 6.07) is 29.3. The van der Waals surface area contributed by atoms with Crippen molar-refractivity contribution in [3.63, 3.8) is 0 Å². The zero-order valence-electron chi connectivity index (χ0n) is 16.4. The maximum atomic E-state index is 13.0. The summed E-state index contributed by atoms with van der Waals surface area (Å²) in [5, 5.41) is 0. The van der Waals surface area contributed by atoms with E-state index in [-0.39, 0.29) is 21.4 Å². The Balaban J connectivity index is 1.57. The Labute approximate surface area is 180 Å². The molecule has 0 atom stereocenters. The molecule has 0 amide bonds. The summed E-state index contributed by atoms with van der Waals surface area (Å²) in [5.41, 5.74) is 1.90. The Hall–Kier alpha value is -3.83. The van der Waals surface area contributed by atoms with Crippen molar-refractivity contribution in [3.05, 3.63) is 131 Å². The SMILES string of the molecule is O=C(c1ccccc1)c1ccc(S(=O)(=O)c2ccc(C(=O)c3ccccc3)cc2)cc1. The number of sulfone groups is 1. The van der Waals surface area contributed by atoms with Gasteiger partial charge in [0.2, 0.25) is 9.84 Å². The largest absolute Gasteiger partial charge is 0.289 e. The maximum absolute atomic E-state index is 13.0. The van der Waals surface area contributed by atoms with Crippen LogP contribution in [0, 0.1) is 0 Å². The molecule has 0 saturated carbocycles. The highest BCUT2D eigenvalue weighted by atomic mass is 32.2. The predicted molar refractivity (Wildman–Crippen MR) is 118 cm³/mol. The lowest BCUT2D eigenvalue weighted by Crippen LogP contribution is -2.06. The average Bonchev–Trinajstić information content (AvgIpc) is 2.84. The lowest BCUT2D eigenvalue weighted by Gasteiger charge is -2.07. The van der Waals surface area contributed by atoms with Gasteiger partial charge < -0.3 is 0 Å². The van der Waals surface area contributed by atoms with E-state index in [1.165, 1.54) is 48.5 Å². The van der Waals surface area contributed by atoms with Crippen LogP contribution < -0.4 is 0 Å². The normalized spacial score (nSPS) is 11.1. The zero-order chi connectivity index (χ0) is 21.8. The van der Waals surface area contributed by atoms with Crippen LogP contribution in [0.25, 0.3) is 0 Å². The fourth-order valence-corrected chi connectivity index (χ4v) is 4.48. The van der Waals surface area contributed by atoms with E-state index in [9.17, 15) is 18.0 Å². The van der Waals surface area contributed by atoms with Crippen molar-refractivity contribution in [3.8, 4) is 0 Å². The van der Waals surface area contributed by atoms with E-state index in [2.05, 4.69) is 0 Å². The summed E-state index contributed by atoms with van der Waals surface area (Å²) < 4.78 is 25.9. The molecule has 0 saturated heterocycles. The van der Waals surface area contributed by atoms with Crippen LogP contribution in [0.4, 0.5) is 0 Å². The third kappa shape index (κ3) is 4.22. The lowest BCUT2D eigenvalue weighted by atomic mass is 10.0. The van der Waals surface area contributed by atoms with Gasteiger partial charge >= 0.3 is 0 Å². The Bertz CT molecular complexity index is 1220. The van der Waals surface area contributed by atoms with Crippen molar-refractivity contribution in [1.29, 1.82) is 0 Å². The fraction of sp³-hybridized carbons (Fsp3) is 0. The molecule has 4 aromatic rings. The summed E-state index contributed by atoms with van der Waals surface area (Å²) in [4.78, 5) is 25.2. The molecule has 0 heterocycles. The van der Waals surface area contributed by atoms with Crippen LogP contribution in [-0.4, -0.2) is 20.0 Å². The highest BCUT2D eigenvalue weighted by molar-refractivity contribution is 7.91. The molecule has 0 fully saturated rings.